The molecule has 0 aliphatic carbocycles. The fraction of sp³-hybridized carbons (Fsp3) is 0.500. The molecular formula is C10H14BrN3O3. The van der Waals surface area contributed by atoms with Gasteiger partial charge >= 0.3 is 0 Å². The van der Waals surface area contributed by atoms with Crippen molar-refractivity contribution in [3.8, 4) is 0 Å². The van der Waals surface area contributed by atoms with Crippen LogP contribution < -0.4 is 5.32 Å². The molecule has 17 heavy (non-hydrogen) atoms. The number of halogens is 1. The van der Waals surface area contributed by atoms with Gasteiger partial charge in [-0.2, -0.15) is 0 Å². The summed E-state index contributed by atoms with van der Waals surface area (Å²) in [6.07, 6.45) is 2.07. The molecule has 7 heteroatoms. The molecule has 0 fully saturated rings. The van der Waals surface area contributed by atoms with Crippen molar-refractivity contribution in [3.63, 3.8) is 0 Å². The molecule has 0 saturated heterocycles. The molecule has 1 rings (SSSR count). The Balaban J connectivity index is 2.69. The summed E-state index contributed by atoms with van der Waals surface area (Å²) >= 11 is 3.25. The van der Waals surface area contributed by atoms with Gasteiger partial charge in [-0.3, -0.25) is 10.1 Å². The molecule has 6 nitrogen and oxygen atoms in total. The normalized spacial score (nSPS) is 12.2. The van der Waals surface area contributed by atoms with Gasteiger partial charge in [-0.25, -0.2) is 4.98 Å². The van der Waals surface area contributed by atoms with E-state index in [1.807, 2.05) is 6.92 Å². The van der Waals surface area contributed by atoms with Crippen molar-refractivity contribution in [2.24, 2.45) is 0 Å². The minimum Gasteiger partial charge on any atom is -0.385 e. The first-order chi connectivity index (χ1) is 8.04. The van der Waals surface area contributed by atoms with E-state index in [-0.39, 0.29) is 11.7 Å². The molecule has 0 radical (unpaired) electrons. The third kappa shape index (κ3) is 4.27. The highest BCUT2D eigenvalue weighted by molar-refractivity contribution is 9.10. The smallest absolute Gasteiger partial charge is 0.288 e. The van der Waals surface area contributed by atoms with Gasteiger partial charge in [0.05, 0.1) is 9.40 Å². The highest BCUT2D eigenvalue weighted by Gasteiger charge is 2.12. The van der Waals surface area contributed by atoms with Crippen molar-refractivity contribution in [1.29, 1.82) is 0 Å². The molecule has 1 unspecified atom stereocenters. The number of anilines is 1. The van der Waals surface area contributed by atoms with Crippen molar-refractivity contribution >= 4 is 27.4 Å². The number of nitrogens with zero attached hydrogens (tertiary/aromatic N) is 2. The van der Waals surface area contributed by atoms with Gasteiger partial charge in [-0.05, 0) is 29.3 Å². The first-order valence-electron chi connectivity index (χ1n) is 5.10. The third-order valence-electron chi connectivity index (χ3n) is 2.18. The van der Waals surface area contributed by atoms with Gasteiger partial charge in [0.15, 0.2) is 0 Å². The van der Waals surface area contributed by atoms with E-state index in [2.05, 4.69) is 26.2 Å². The Morgan fingerprint density at radius 3 is 2.94 bits per heavy atom. The molecule has 0 bridgehead atoms. The lowest BCUT2D eigenvalue weighted by Gasteiger charge is -2.14. The quantitative estimate of drug-likeness (QED) is 0.645. The van der Waals surface area contributed by atoms with Crippen LogP contribution in [-0.2, 0) is 4.74 Å². The molecule has 0 saturated carbocycles. The zero-order chi connectivity index (χ0) is 12.8. The molecule has 1 aromatic heterocycles. The minimum atomic E-state index is -0.476. The Labute approximate surface area is 108 Å². The van der Waals surface area contributed by atoms with Gasteiger partial charge in [-0.15, -0.1) is 0 Å². The molecule has 0 spiro atoms. The molecular weight excluding hydrogens is 290 g/mol. The van der Waals surface area contributed by atoms with E-state index < -0.39 is 4.92 Å². The number of nitro groups is 1. The monoisotopic (exact) mass is 303 g/mol. The molecule has 0 aliphatic rings. The Bertz CT molecular complexity index is 400. The van der Waals surface area contributed by atoms with E-state index >= 15 is 0 Å². The molecule has 94 valence electrons. The largest absolute Gasteiger partial charge is 0.385 e. The van der Waals surface area contributed by atoms with Crippen LogP contribution in [0.2, 0.25) is 0 Å². The SMILES string of the molecule is COCCC(C)Nc1ncc([N+](=O)[O-])cc1Br. The summed E-state index contributed by atoms with van der Waals surface area (Å²) in [7, 11) is 1.65. The summed E-state index contributed by atoms with van der Waals surface area (Å²) in [6, 6.07) is 1.61. The second-order valence-electron chi connectivity index (χ2n) is 3.61. The number of nitrogens with one attached hydrogen (secondary N) is 1. The van der Waals surface area contributed by atoms with Gasteiger partial charge in [-0.1, -0.05) is 0 Å². The predicted molar refractivity (Wildman–Crippen MR) is 68.2 cm³/mol. The van der Waals surface area contributed by atoms with Gasteiger partial charge in [0.25, 0.3) is 5.69 Å². The van der Waals surface area contributed by atoms with Gasteiger partial charge in [0.1, 0.15) is 12.0 Å². The van der Waals surface area contributed by atoms with E-state index in [1.165, 1.54) is 12.3 Å². The molecule has 0 aromatic carbocycles. The molecule has 1 heterocycles. The highest BCUT2D eigenvalue weighted by atomic mass is 79.9. The summed E-state index contributed by atoms with van der Waals surface area (Å²) in [5.41, 5.74) is -0.0352. The Morgan fingerprint density at radius 1 is 1.71 bits per heavy atom. The van der Waals surface area contributed by atoms with Crippen LogP contribution in [0.1, 0.15) is 13.3 Å². The Kier molecular flexibility index (Phi) is 5.30. The number of rotatable bonds is 6. The van der Waals surface area contributed by atoms with Crippen molar-refractivity contribution in [1.82, 2.24) is 4.98 Å². The van der Waals surface area contributed by atoms with Crippen molar-refractivity contribution in [2.75, 3.05) is 19.0 Å². The average molecular weight is 304 g/mol. The van der Waals surface area contributed by atoms with Crippen LogP contribution in [0.25, 0.3) is 0 Å². The van der Waals surface area contributed by atoms with Crippen LogP contribution in [0.15, 0.2) is 16.7 Å². The summed E-state index contributed by atoms with van der Waals surface area (Å²) in [5, 5.41) is 13.7. The van der Waals surface area contributed by atoms with Crippen LogP contribution in [0.5, 0.6) is 0 Å². The number of ether oxygens (including phenoxy) is 1. The summed E-state index contributed by atoms with van der Waals surface area (Å²) in [6.45, 7) is 2.65. The lowest BCUT2D eigenvalue weighted by molar-refractivity contribution is -0.385. The van der Waals surface area contributed by atoms with Gasteiger partial charge < -0.3 is 10.1 Å². The lowest BCUT2D eigenvalue weighted by Crippen LogP contribution is -2.18. The molecule has 1 N–H and O–H groups in total. The minimum absolute atomic E-state index is 0.0352. The average Bonchev–Trinajstić information content (AvgIpc) is 2.28. The molecule has 1 aromatic rings. The topological polar surface area (TPSA) is 77.3 Å². The van der Waals surface area contributed by atoms with Crippen LogP contribution in [-0.4, -0.2) is 29.7 Å². The number of pyridine rings is 1. The van der Waals surface area contributed by atoms with Crippen LogP contribution in [0.3, 0.4) is 0 Å². The highest BCUT2D eigenvalue weighted by Crippen LogP contribution is 2.25. The van der Waals surface area contributed by atoms with Crippen LogP contribution in [0.4, 0.5) is 11.5 Å². The Morgan fingerprint density at radius 2 is 2.41 bits per heavy atom. The van der Waals surface area contributed by atoms with E-state index in [4.69, 9.17) is 4.74 Å². The standard InChI is InChI=1S/C10H14BrN3O3/c1-7(3-4-17-2)13-10-9(11)5-8(6-12-10)14(15)16/h5-7H,3-4H2,1-2H3,(H,12,13). The lowest BCUT2D eigenvalue weighted by atomic mass is 10.2. The van der Waals surface area contributed by atoms with Gasteiger partial charge in [0.2, 0.25) is 0 Å². The number of aromatic nitrogens is 1. The zero-order valence-corrected chi connectivity index (χ0v) is 11.2. The molecule has 0 aliphatic heterocycles. The molecule has 1 atom stereocenters. The summed E-state index contributed by atoms with van der Waals surface area (Å²) in [5.74, 6) is 0.596. The van der Waals surface area contributed by atoms with Crippen molar-refractivity contribution in [3.05, 3.63) is 26.9 Å². The summed E-state index contributed by atoms with van der Waals surface area (Å²) in [4.78, 5) is 14.1. The van der Waals surface area contributed by atoms with Crippen LogP contribution in [0, 0.1) is 10.1 Å². The van der Waals surface area contributed by atoms with Crippen molar-refractivity contribution < 1.29 is 9.66 Å². The maximum absolute atomic E-state index is 10.5. The number of hydrogen-bond donors (Lipinski definition) is 1. The third-order valence-corrected chi connectivity index (χ3v) is 2.78. The van der Waals surface area contributed by atoms with E-state index in [9.17, 15) is 10.1 Å². The second kappa shape index (κ2) is 6.51. The first kappa shape index (κ1) is 13.9. The van der Waals surface area contributed by atoms with E-state index in [1.54, 1.807) is 7.11 Å². The van der Waals surface area contributed by atoms with Crippen molar-refractivity contribution in [2.45, 2.75) is 19.4 Å². The van der Waals surface area contributed by atoms with E-state index in [0.717, 1.165) is 6.42 Å². The maximum atomic E-state index is 10.5. The summed E-state index contributed by atoms with van der Waals surface area (Å²) < 4.78 is 5.55. The number of hydrogen-bond acceptors (Lipinski definition) is 5. The molecule has 0 amide bonds. The van der Waals surface area contributed by atoms with Crippen LogP contribution >= 0.6 is 15.9 Å². The van der Waals surface area contributed by atoms with E-state index in [0.29, 0.717) is 16.9 Å². The van der Waals surface area contributed by atoms with Gasteiger partial charge in [0, 0.05) is 25.8 Å². The fourth-order valence-electron chi connectivity index (χ4n) is 1.23. The maximum Gasteiger partial charge on any atom is 0.288 e. The Hall–Kier alpha value is -1.21. The predicted octanol–water partition coefficient (Wildman–Crippen LogP) is 2.59. The number of methoxy groups -OCH3 is 1. The fourth-order valence-corrected chi connectivity index (χ4v) is 1.69. The second-order valence-corrected chi connectivity index (χ2v) is 4.46. The zero-order valence-electron chi connectivity index (χ0n) is 9.64. The first-order valence-corrected chi connectivity index (χ1v) is 5.89.